The first-order chi connectivity index (χ1) is 22.3. The first-order valence-corrected chi connectivity index (χ1v) is 20.4. The van der Waals surface area contributed by atoms with Gasteiger partial charge in [0.1, 0.15) is 6.61 Å². The number of nitrogens with one attached hydrogen (secondary N) is 4. The zero-order valence-electron chi connectivity index (χ0n) is 31.0. The number of rotatable bonds is 31. The smallest absolute Gasteiger partial charge is 0.303 e. The zero-order valence-corrected chi connectivity index (χ0v) is 32.6. The van der Waals surface area contributed by atoms with Gasteiger partial charge in [0.2, 0.25) is 5.91 Å². The number of ether oxygens (including phenoxy) is 1. The van der Waals surface area contributed by atoms with E-state index < -0.39 is 23.0 Å². The predicted octanol–water partition coefficient (Wildman–Crippen LogP) is 6.12. The van der Waals surface area contributed by atoms with Gasteiger partial charge in [-0.05, 0) is 71.1 Å². The van der Waals surface area contributed by atoms with Crippen LogP contribution in [0, 0.1) is 5.41 Å². The molecule has 47 heavy (non-hydrogen) atoms. The Morgan fingerprint density at radius 1 is 0.809 bits per heavy atom. The van der Waals surface area contributed by atoms with Gasteiger partial charge < -0.3 is 25.8 Å². The maximum absolute atomic E-state index is 14.2. The molecule has 0 aromatic rings. The molecule has 1 unspecified atom stereocenters. The highest BCUT2D eigenvalue weighted by molar-refractivity contribution is 8.76. The van der Waals surface area contributed by atoms with Crippen LogP contribution in [-0.4, -0.2) is 89.6 Å². The van der Waals surface area contributed by atoms with Gasteiger partial charge >= 0.3 is 5.97 Å². The molecule has 12 heteroatoms. The third kappa shape index (κ3) is 14.2. The van der Waals surface area contributed by atoms with Gasteiger partial charge in [0, 0.05) is 53.0 Å². The Bertz CT molecular complexity index is 907. The fourth-order valence-electron chi connectivity index (χ4n) is 6.79. The Balaban J connectivity index is 5.86. The summed E-state index contributed by atoms with van der Waals surface area (Å²) in [6, 6.07) is -0.747. The van der Waals surface area contributed by atoms with E-state index in [0.29, 0.717) is 45.3 Å². The molecule has 0 aliphatic carbocycles. The van der Waals surface area contributed by atoms with Crippen LogP contribution < -0.4 is 21.3 Å². The molecule has 0 rings (SSSR count). The Morgan fingerprint density at radius 3 is 1.89 bits per heavy atom. The molecule has 0 saturated heterocycles. The second-order valence-electron chi connectivity index (χ2n) is 12.8. The zero-order chi connectivity index (χ0) is 36.0. The second kappa shape index (κ2) is 23.9. The van der Waals surface area contributed by atoms with E-state index in [4.69, 9.17) is 4.74 Å². The first kappa shape index (κ1) is 45.7. The average molecular weight is 705 g/mol. The van der Waals surface area contributed by atoms with E-state index in [-0.39, 0.29) is 42.2 Å². The SMILES string of the molecule is CCC(C)(CC)NCC(=O)C(CC)(CC)C(CC)(CC)NC(CCC(=O)O)C(=O)NCCC(CC)(CC)NCCSSCCOC=O. The number of carbonyl (C=O) groups is 4. The maximum Gasteiger partial charge on any atom is 0.303 e. The van der Waals surface area contributed by atoms with Crippen molar-refractivity contribution in [1.29, 1.82) is 0 Å². The number of aliphatic carboxylic acids is 1. The largest absolute Gasteiger partial charge is 0.481 e. The van der Waals surface area contributed by atoms with Crippen LogP contribution in [0.4, 0.5) is 0 Å². The van der Waals surface area contributed by atoms with Crippen molar-refractivity contribution in [3.05, 3.63) is 0 Å². The van der Waals surface area contributed by atoms with Crippen molar-refractivity contribution in [2.24, 2.45) is 5.41 Å². The number of ketones is 1. The molecule has 0 spiro atoms. The summed E-state index contributed by atoms with van der Waals surface area (Å²) in [7, 11) is 3.41. The molecule has 1 atom stereocenters. The minimum Gasteiger partial charge on any atom is -0.481 e. The standard InChI is InChI=1S/C35H68N4O6S2/c1-10-32(9,11-2)38-26-29(41)34(14-5,15-6)35(16-7,17-8)39-28(18-19-30(42)43)31(44)36-21-20-33(12-3,13-4)37-22-24-46-47-25-23-45-27-40/h27-28,37-39H,10-26H2,1-9H3,(H,36,44)(H,42,43). The van der Waals surface area contributed by atoms with Gasteiger partial charge in [0.25, 0.3) is 6.47 Å². The maximum atomic E-state index is 14.2. The van der Waals surface area contributed by atoms with Gasteiger partial charge in [-0.25, -0.2) is 0 Å². The minimum atomic E-state index is -0.952. The highest BCUT2D eigenvalue weighted by Crippen LogP contribution is 2.44. The van der Waals surface area contributed by atoms with E-state index in [2.05, 4.69) is 83.6 Å². The van der Waals surface area contributed by atoms with Crippen LogP contribution in [0.2, 0.25) is 0 Å². The normalized spacial score (nSPS) is 13.3. The third-order valence-electron chi connectivity index (χ3n) is 10.9. The molecule has 10 nitrogen and oxygen atoms in total. The average Bonchev–Trinajstić information content (AvgIpc) is 3.08. The Kier molecular flexibility index (Phi) is 23.2. The molecule has 0 bridgehead atoms. The highest BCUT2D eigenvalue weighted by atomic mass is 33.1. The number of hydrogen-bond donors (Lipinski definition) is 5. The number of hydrogen-bond acceptors (Lipinski definition) is 10. The molecule has 0 aromatic heterocycles. The Labute approximate surface area is 294 Å². The summed E-state index contributed by atoms with van der Waals surface area (Å²) < 4.78 is 4.73. The van der Waals surface area contributed by atoms with Crippen molar-refractivity contribution in [2.45, 2.75) is 156 Å². The second-order valence-corrected chi connectivity index (χ2v) is 15.5. The minimum absolute atomic E-state index is 0.132. The molecule has 0 saturated carbocycles. The van der Waals surface area contributed by atoms with Crippen molar-refractivity contribution in [3.63, 3.8) is 0 Å². The molecular weight excluding hydrogens is 637 g/mol. The number of carboxylic acid groups (broad SMARTS) is 1. The van der Waals surface area contributed by atoms with Gasteiger partial charge in [-0.2, -0.15) is 0 Å². The van der Waals surface area contributed by atoms with Gasteiger partial charge in [0.05, 0.1) is 12.6 Å². The van der Waals surface area contributed by atoms with E-state index in [9.17, 15) is 24.3 Å². The lowest BCUT2D eigenvalue weighted by Gasteiger charge is -2.51. The van der Waals surface area contributed by atoms with E-state index in [0.717, 1.165) is 50.2 Å². The third-order valence-corrected chi connectivity index (χ3v) is 13.3. The van der Waals surface area contributed by atoms with Crippen LogP contribution in [0.5, 0.6) is 0 Å². The summed E-state index contributed by atoms with van der Waals surface area (Å²) in [6.45, 7) is 21.3. The van der Waals surface area contributed by atoms with Gasteiger partial charge in [-0.1, -0.05) is 77.0 Å². The molecule has 0 aliphatic heterocycles. The summed E-state index contributed by atoms with van der Waals surface area (Å²) in [4.78, 5) is 50.0. The molecular formula is C35H68N4O6S2. The quantitative estimate of drug-likeness (QED) is 0.0323. The fourth-order valence-corrected chi connectivity index (χ4v) is 8.53. The summed E-state index contributed by atoms with van der Waals surface area (Å²) in [6.07, 6.45) is 6.85. The van der Waals surface area contributed by atoms with E-state index in [1.54, 1.807) is 21.6 Å². The lowest BCUT2D eigenvalue weighted by atomic mass is 9.60. The fraction of sp³-hybridized carbons (Fsp3) is 0.886. The van der Waals surface area contributed by atoms with Crippen LogP contribution >= 0.6 is 21.6 Å². The lowest BCUT2D eigenvalue weighted by molar-refractivity contribution is -0.139. The topological polar surface area (TPSA) is 146 Å². The summed E-state index contributed by atoms with van der Waals surface area (Å²) >= 11 is 0. The van der Waals surface area contributed by atoms with E-state index >= 15 is 0 Å². The summed E-state index contributed by atoms with van der Waals surface area (Å²) in [5.74, 6) is 0.608. The number of carboxylic acids is 1. The van der Waals surface area contributed by atoms with Crippen molar-refractivity contribution in [3.8, 4) is 0 Å². The van der Waals surface area contributed by atoms with Crippen LogP contribution in [0.15, 0.2) is 0 Å². The predicted molar refractivity (Wildman–Crippen MR) is 198 cm³/mol. The van der Waals surface area contributed by atoms with Gasteiger partial charge in [-0.15, -0.1) is 0 Å². The van der Waals surface area contributed by atoms with E-state index in [1.165, 1.54) is 0 Å². The van der Waals surface area contributed by atoms with Crippen LogP contribution in [0.1, 0.15) is 133 Å². The van der Waals surface area contributed by atoms with Crippen LogP contribution in [0.25, 0.3) is 0 Å². The first-order valence-electron chi connectivity index (χ1n) is 17.9. The highest BCUT2D eigenvalue weighted by Gasteiger charge is 2.52. The monoisotopic (exact) mass is 704 g/mol. The van der Waals surface area contributed by atoms with Gasteiger partial charge in [-0.3, -0.25) is 24.5 Å². The van der Waals surface area contributed by atoms with Crippen molar-refractivity contribution >= 4 is 45.7 Å². The van der Waals surface area contributed by atoms with Crippen molar-refractivity contribution < 1.29 is 29.0 Å². The molecule has 0 fully saturated rings. The Morgan fingerprint density at radius 2 is 1.40 bits per heavy atom. The molecule has 0 aromatic carbocycles. The number of amides is 1. The number of carbonyl (C=O) groups excluding carboxylic acids is 3. The summed E-state index contributed by atoms with van der Waals surface area (Å²) in [5.41, 5.74) is -1.68. The molecule has 1 amide bonds. The van der Waals surface area contributed by atoms with Gasteiger partial charge in [0.15, 0.2) is 5.78 Å². The molecule has 276 valence electrons. The molecule has 0 heterocycles. The number of Topliss-reactive ketones (excluding diaryl/α,β-unsaturated/α-hetero) is 1. The van der Waals surface area contributed by atoms with E-state index in [1.807, 2.05) is 0 Å². The summed E-state index contributed by atoms with van der Waals surface area (Å²) in [5, 5.41) is 23.6. The van der Waals surface area contributed by atoms with Crippen molar-refractivity contribution in [2.75, 3.05) is 37.7 Å². The molecule has 0 radical (unpaired) electrons. The van der Waals surface area contributed by atoms with Crippen LogP contribution in [0.3, 0.4) is 0 Å². The van der Waals surface area contributed by atoms with Crippen LogP contribution in [-0.2, 0) is 23.9 Å². The lowest BCUT2D eigenvalue weighted by Crippen LogP contribution is -2.66. The van der Waals surface area contributed by atoms with Crippen molar-refractivity contribution in [1.82, 2.24) is 21.3 Å². The Hall–Kier alpha value is -1.34. The molecule has 5 N–H and O–H groups in total. The molecule has 0 aliphatic rings.